The molecular formula is C21H23NO. The van der Waals surface area contributed by atoms with E-state index in [1.807, 2.05) is 6.07 Å². The SMILES string of the molecule is CCC(CC)c1ccc(-c2ccc3nc(OC)ccc3c2)cc1. The van der Waals surface area contributed by atoms with Crippen LogP contribution in [0.5, 0.6) is 5.88 Å². The van der Waals surface area contributed by atoms with Gasteiger partial charge in [-0.15, -0.1) is 0 Å². The Morgan fingerprint density at radius 1 is 0.870 bits per heavy atom. The Kier molecular flexibility index (Phi) is 4.61. The largest absolute Gasteiger partial charge is 0.481 e. The molecule has 1 heterocycles. The molecule has 0 saturated heterocycles. The van der Waals surface area contributed by atoms with Crippen LogP contribution in [0.4, 0.5) is 0 Å². The second-order valence-electron chi connectivity index (χ2n) is 5.90. The van der Waals surface area contributed by atoms with Gasteiger partial charge in [-0.2, -0.15) is 0 Å². The van der Waals surface area contributed by atoms with E-state index in [0.29, 0.717) is 11.8 Å². The van der Waals surface area contributed by atoms with Crippen LogP contribution in [0.2, 0.25) is 0 Å². The van der Waals surface area contributed by atoms with E-state index >= 15 is 0 Å². The number of nitrogens with zero attached hydrogens (tertiary/aromatic N) is 1. The maximum absolute atomic E-state index is 5.18. The van der Waals surface area contributed by atoms with Gasteiger partial charge in [0.1, 0.15) is 0 Å². The molecule has 3 aromatic rings. The average Bonchev–Trinajstić information content (AvgIpc) is 2.62. The molecule has 0 atom stereocenters. The van der Waals surface area contributed by atoms with Crippen molar-refractivity contribution in [2.45, 2.75) is 32.6 Å². The molecular weight excluding hydrogens is 282 g/mol. The van der Waals surface area contributed by atoms with Crippen molar-refractivity contribution >= 4 is 10.9 Å². The zero-order valence-electron chi connectivity index (χ0n) is 14.0. The Balaban J connectivity index is 1.93. The molecule has 1 aromatic heterocycles. The molecule has 0 radical (unpaired) electrons. The van der Waals surface area contributed by atoms with E-state index in [-0.39, 0.29) is 0 Å². The molecule has 0 saturated carbocycles. The first-order valence-electron chi connectivity index (χ1n) is 8.30. The fraction of sp³-hybridized carbons (Fsp3) is 0.286. The molecule has 0 spiro atoms. The number of rotatable bonds is 5. The zero-order chi connectivity index (χ0) is 16.2. The van der Waals surface area contributed by atoms with E-state index in [0.717, 1.165) is 10.9 Å². The molecule has 0 aliphatic carbocycles. The molecule has 0 amide bonds. The van der Waals surface area contributed by atoms with Gasteiger partial charge in [0.25, 0.3) is 0 Å². The number of fused-ring (bicyclic) bond motifs is 1. The number of hydrogen-bond acceptors (Lipinski definition) is 2. The van der Waals surface area contributed by atoms with Crippen molar-refractivity contribution in [3.05, 3.63) is 60.2 Å². The van der Waals surface area contributed by atoms with Crippen molar-refractivity contribution in [1.82, 2.24) is 4.98 Å². The van der Waals surface area contributed by atoms with E-state index in [1.54, 1.807) is 7.11 Å². The van der Waals surface area contributed by atoms with E-state index in [2.05, 4.69) is 67.4 Å². The van der Waals surface area contributed by atoms with Crippen molar-refractivity contribution in [3.63, 3.8) is 0 Å². The highest BCUT2D eigenvalue weighted by atomic mass is 16.5. The predicted molar refractivity (Wildman–Crippen MR) is 97.1 cm³/mol. The maximum Gasteiger partial charge on any atom is 0.213 e. The van der Waals surface area contributed by atoms with Gasteiger partial charge in [-0.05, 0) is 53.6 Å². The highest BCUT2D eigenvalue weighted by Crippen LogP contribution is 2.28. The summed E-state index contributed by atoms with van der Waals surface area (Å²) in [6.45, 7) is 4.51. The number of hydrogen-bond donors (Lipinski definition) is 0. The molecule has 23 heavy (non-hydrogen) atoms. The van der Waals surface area contributed by atoms with Crippen molar-refractivity contribution in [2.24, 2.45) is 0 Å². The minimum atomic E-state index is 0.653. The normalized spacial score (nSPS) is 11.1. The Bertz CT molecular complexity index is 789. The summed E-state index contributed by atoms with van der Waals surface area (Å²) in [6, 6.07) is 19.3. The molecule has 0 aliphatic heterocycles. The first kappa shape index (κ1) is 15.5. The molecule has 2 heteroatoms. The molecule has 0 bridgehead atoms. The van der Waals surface area contributed by atoms with Gasteiger partial charge in [0.2, 0.25) is 5.88 Å². The van der Waals surface area contributed by atoms with Gasteiger partial charge in [0, 0.05) is 11.5 Å². The number of pyridine rings is 1. The fourth-order valence-electron chi connectivity index (χ4n) is 3.11. The summed E-state index contributed by atoms with van der Waals surface area (Å²) in [4.78, 5) is 4.47. The van der Waals surface area contributed by atoms with Crippen LogP contribution in [0.15, 0.2) is 54.6 Å². The number of benzene rings is 2. The van der Waals surface area contributed by atoms with Crippen LogP contribution in [-0.4, -0.2) is 12.1 Å². The van der Waals surface area contributed by atoms with E-state index < -0.39 is 0 Å². The lowest BCUT2D eigenvalue weighted by Gasteiger charge is -2.13. The van der Waals surface area contributed by atoms with E-state index in [4.69, 9.17) is 4.74 Å². The Morgan fingerprint density at radius 3 is 2.22 bits per heavy atom. The second-order valence-corrected chi connectivity index (χ2v) is 5.90. The first-order valence-corrected chi connectivity index (χ1v) is 8.30. The predicted octanol–water partition coefficient (Wildman–Crippen LogP) is 5.81. The van der Waals surface area contributed by atoms with Crippen molar-refractivity contribution in [1.29, 1.82) is 0 Å². The fourth-order valence-corrected chi connectivity index (χ4v) is 3.11. The van der Waals surface area contributed by atoms with Gasteiger partial charge in [-0.3, -0.25) is 0 Å². The molecule has 0 unspecified atom stereocenters. The van der Waals surface area contributed by atoms with Crippen molar-refractivity contribution < 1.29 is 4.74 Å². The van der Waals surface area contributed by atoms with Crippen LogP contribution >= 0.6 is 0 Å². The van der Waals surface area contributed by atoms with Crippen molar-refractivity contribution in [3.8, 4) is 17.0 Å². The Morgan fingerprint density at radius 2 is 1.57 bits per heavy atom. The summed E-state index contributed by atoms with van der Waals surface area (Å²) in [5.41, 5.74) is 4.87. The van der Waals surface area contributed by atoms with Gasteiger partial charge < -0.3 is 4.74 Å². The topological polar surface area (TPSA) is 22.1 Å². The zero-order valence-corrected chi connectivity index (χ0v) is 14.0. The van der Waals surface area contributed by atoms with Gasteiger partial charge in [0.05, 0.1) is 12.6 Å². The van der Waals surface area contributed by atoms with Crippen LogP contribution < -0.4 is 4.74 Å². The van der Waals surface area contributed by atoms with Gasteiger partial charge in [0.15, 0.2) is 0 Å². The van der Waals surface area contributed by atoms with Gasteiger partial charge in [-0.1, -0.05) is 44.2 Å². The summed E-state index contributed by atoms with van der Waals surface area (Å²) in [5, 5.41) is 1.13. The molecule has 3 rings (SSSR count). The standard InChI is InChI=1S/C21H23NO/c1-4-15(5-2)16-6-8-17(9-7-16)18-10-12-20-19(14-18)11-13-21(22-20)23-3/h6-15H,4-5H2,1-3H3. The minimum absolute atomic E-state index is 0.653. The smallest absolute Gasteiger partial charge is 0.213 e. The van der Waals surface area contributed by atoms with E-state index in [1.165, 1.54) is 29.5 Å². The maximum atomic E-state index is 5.18. The third kappa shape index (κ3) is 3.21. The van der Waals surface area contributed by atoms with Crippen LogP contribution in [0.1, 0.15) is 38.2 Å². The van der Waals surface area contributed by atoms with Crippen molar-refractivity contribution in [2.75, 3.05) is 7.11 Å². The molecule has 2 aromatic carbocycles. The van der Waals surface area contributed by atoms with Gasteiger partial charge in [-0.25, -0.2) is 4.98 Å². The van der Waals surface area contributed by atoms with Gasteiger partial charge >= 0.3 is 0 Å². The first-order chi connectivity index (χ1) is 11.2. The number of ether oxygens (including phenoxy) is 1. The lowest BCUT2D eigenvalue weighted by molar-refractivity contribution is 0.399. The minimum Gasteiger partial charge on any atom is -0.481 e. The lowest BCUT2D eigenvalue weighted by atomic mass is 9.92. The third-order valence-electron chi connectivity index (χ3n) is 4.57. The summed E-state index contributed by atoms with van der Waals surface area (Å²) in [7, 11) is 1.64. The van der Waals surface area contributed by atoms with Crippen LogP contribution in [0.25, 0.3) is 22.0 Å². The molecule has 0 fully saturated rings. The third-order valence-corrected chi connectivity index (χ3v) is 4.57. The lowest BCUT2D eigenvalue weighted by Crippen LogP contribution is -1.94. The van der Waals surface area contributed by atoms with Crippen LogP contribution in [0.3, 0.4) is 0 Å². The summed E-state index contributed by atoms with van der Waals surface area (Å²) < 4.78 is 5.18. The number of aromatic nitrogens is 1. The second kappa shape index (κ2) is 6.82. The highest BCUT2D eigenvalue weighted by Gasteiger charge is 2.07. The van der Waals surface area contributed by atoms with E-state index in [9.17, 15) is 0 Å². The molecule has 118 valence electrons. The number of methoxy groups -OCH3 is 1. The van der Waals surface area contributed by atoms with Crippen LogP contribution in [0, 0.1) is 0 Å². The monoisotopic (exact) mass is 305 g/mol. The average molecular weight is 305 g/mol. The Labute approximate surface area is 138 Å². The van der Waals surface area contributed by atoms with Crippen LogP contribution in [-0.2, 0) is 0 Å². The molecule has 2 nitrogen and oxygen atoms in total. The quantitative estimate of drug-likeness (QED) is 0.593. The summed E-state index contributed by atoms with van der Waals surface area (Å²) >= 11 is 0. The molecule has 0 aliphatic rings. The summed E-state index contributed by atoms with van der Waals surface area (Å²) in [5.74, 6) is 1.32. The highest BCUT2D eigenvalue weighted by molar-refractivity contribution is 5.84. The summed E-state index contributed by atoms with van der Waals surface area (Å²) in [6.07, 6.45) is 2.39. The molecule has 0 N–H and O–H groups in total. The Hall–Kier alpha value is -2.35.